The van der Waals surface area contributed by atoms with Crippen LogP contribution in [0.25, 0.3) is 11.3 Å². The Kier molecular flexibility index (Phi) is 5.92. The Labute approximate surface area is 163 Å². The molecular weight excluding hydrogens is 359 g/mol. The van der Waals surface area contributed by atoms with Crippen LogP contribution in [0, 0.1) is 12.7 Å². The van der Waals surface area contributed by atoms with Crippen LogP contribution < -0.4 is 0 Å². The number of carbonyl (C=O) groups is 1. The number of aromatic amines is 1. The second-order valence-electron chi connectivity index (χ2n) is 7.28. The molecule has 1 amide bonds. The molecule has 0 atom stereocenters. The fraction of sp³-hybridized carbons (Fsp3) is 0.381. The van der Waals surface area contributed by atoms with E-state index in [0.717, 1.165) is 29.8 Å². The van der Waals surface area contributed by atoms with E-state index in [0.29, 0.717) is 23.6 Å². The lowest BCUT2D eigenvalue weighted by atomic mass is 10.0. The molecule has 3 rings (SSSR count). The highest BCUT2D eigenvalue weighted by Gasteiger charge is 2.24. The first-order valence-corrected chi connectivity index (χ1v) is 9.38. The maximum atomic E-state index is 13.0. The minimum Gasteiger partial charge on any atom is -0.360 e. The topological polar surface area (TPSA) is 75.0 Å². The molecule has 0 aliphatic heterocycles. The zero-order valence-electron chi connectivity index (χ0n) is 16.6. The SMILES string of the molecule is Cc1noc(C(C)C)c1C(=O)N(C)CCCc1cc(-c2ccc(F)cc2)n[nH]1. The molecule has 7 heteroatoms. The first-order valence-electron chi connectivity index (χ1n) is 9.38. The van der Waals surface area contributed by atoms with Gasteiger partial charge in [0, 0.05) is 30.8 Å². The Hall–Kier alpha value is -2.96. The van der Waals surface area contributed by atoms with Crippen molar-refractivity contribution in [1.82, 2.24) is 20.3 Å². The van der Waals surface area contributed by atoms with Gasteiger partial charge in [-0.25, -0.2) is 4.39 Å². The largest absolute Gasteiger partial charge is 0.360 e. The lowest BCUT2D eigenvalue weighted by Crippen LogP contribution is -2.29. The van der Waals surface area contributed by atoms with Gasteiger partial charge < -0.3 is 9.42 Å². The van der Waals surface area contributed by atoms with Crippen LogP contribution in [0.1, 0.15) is 53.7 Å². The molecule has 6 nitrogen and oxygen atoms in total. The van der Waals surface area contributed by atoms with Gasteiger partial charge in [-0.05, 0) is 50.1 Å². The van der Waals surface area contributed by atoms with Crippen molar-refractivity contribution in [1.29, 1.82) is 0 Å². The summed E-state index contributed by atoms with van der Waals surface area (Å²) in [7, 11) is 1.79. The standard InChI is InChI=1S/C21H25FN4O2/c1-13(2)20-19(14(3)25-28-20)21(27)26(4)11-5-6-17-12-18(24-23-17)15-7-9-16(22)10-8-15/h7-10,12-13H,5-6,11H2,1-4H3,(H,23,24). The van der Waals surface area contributed by atoms with E-state index in [1.807, 2.05) is 19.9 Å². The molecule has 0 radical (unpaired) electrons. The summed E-state index contributed by atoms with van der Waals surface area (Å²) in [6.07, 6.45) is 1.54. The molecule has 28 heavy (non-hydrogen) atoms. The normalized spacial score (nSPS) is 11.2. The second-order valence-corrected chi connectivity index (χ2v) is 7.28. The highest BCUT2D eigenvalue weighted by Crippen LogP contribution is 2.23. The minimum absolute atomic E-state index is 0.0703. The summed E-state index contributed by atoms with van der Waals surface area (Å²) < 4.78 is 18.4. The summed E-state index contributed by atoms with van der Waals surface area (Å²) in [5.74, 6) is 0.394. The molecule has 1 N–H and O–H groups in total. The molecule has 3 aromatic rings. The third-order valence-corrected chi connectivity index (χ3v) is 4.68. The van der Waals surface area contributed by atoms with E-state index < -0.39 is 0 Å². The van der Waals surface area contributed by atoms with Gasteiger partial charge in [0.05, 0.1) is 11.4 Å². The first kappa shape index (κ1) is 19.8. The van der Waals surface area contributed by atoms with Crippen molar-refractivity contribution >= 4 is 5.91 Å². The number of carbonyl (C=O) groups excluding carboxylic acids is 1. The molecular formula is C21H25FN4O2. The Morgan fingerprint density at radius 3 is 2.68 bits per heavy atom. The van der Waals surface area contributed by atoms with E-state index in [1.54, 1.807) is 31.0 Å². The molecule has 0 aliphatic carbocycles. The molecule has 0 saturated carbocycles. The van der Waals surface area contributed by atoms with Gasteiger partial charge in [-0.15, -0.1) is 0 Å². The third kappa shape index (κ3) is 4.30. The Balaban J connectivity index is 1.57. The number of H-pyrrole nitrogens is 1. The lowest BCUT2D eigenvalue weighted by Gasteiger charge is -2.17. The number of aryl methyl sites for hydroxylation is 2. The number of rotatable bonds is 7. The zero-order valence-corrected chi connectivity index (χ0v) is 16.6. The van der Waals surface area contributed by atoms with Crippen LogP contribution in [0.15, 0.2) is 34.9 Å². The van der Waals surface area contributed by atoms with Gasteiger partial charge in [0.15, 0.2) is 5.76 Å². The number of nitrogens with zero attached hydrogens (tertiary/aromatic N) is 3. The van der Waals surface area contributed by atoms with Crippen LogP contribution in [0.5, 0.6) is 0 Å². The predicted molar refractivity (Wildman–Crippen MR) is 105 cm³/mol. The van der Waals surface area contributed by atoms with Gasteiger partial charge in [0.2, 0.25) is 0 Å². The molecule has 0 spiro atoms. The monoisotopic (exact) mass is 384 g/mol. The fourth-order valence-electron chi connectivity index (χ4n) is 3.10. The van der Waals surface area contributed by atoms with Crippen LogP contribution in [0.3, 0.4) is 0 Å². The number of amides is 1. The van der Waals surface area contributed by atoms with Crippen molar-refractivity contribution in [2.75, 3.05) is 13.6 Å². The number of hydrogen-bond donors (Lipinski definition) is 1. The van der Waals surface area contributed by atoms with Crippen molar-refractivity contribution in [3.63, 3.8) is 0 Å². The van der Waals surface area contributed by atoms with E-state index in [9.17, 15) is 9.18 Å². The smallest absolute Gasteiger partial charge is 0.259 e. The highest BCUT2D eigenvalue weighted by molar-refractivity contribution is 5.96. The highest BCUT2D eigenvalue weighted by atomic mass is 19.1. The van der Waals surface area contributed by atoms with Crippen molar-refractivity contribution in [2.45, 2.75) is 39.5 Å². The van der Waals surface area contributed by atoms with Gasteiger partial charge in [0.1, 0.15) is 11.4 Å². The Bertz CT molecular complexity index is 944. The Morgan fingerprint density at radius 2 is 2.00 bits per heavy atom. The molecule has 2 aromatic heterocycles. The summed E-state index contributed by atoms with van der Waals surface area (Å²) >= 11 is 0. The first-order chi connectivity index (χ1) is 13.4. The second kappa shape index (κ2) is 8.37. The molecule has 2 heterocycles. The van der Waals surface area contributed by atoms with E-state index in [4.69, 9.17) is 4.52 Å². The average Bonchev–Trinajstić information content (AvgIpc) is 3.28. The van der Waals surface area contributed by atoms with Crippen LogP contribution >= 0.6 is 0 Å². The van der Waals surface area contributed by atoms with Gasteiger partial charge in [-0.2, -0.15) is 5.10 Å². The van der Waals surface area contributed by atoms with Crippen molar-refractivity contribution in [2.24, 2.45) is 0 Å². The van der Waals surface area contributed by atoms with Crippen LogP contribution in [0.2, 0.25) is 0 Å². The number of nitrogens with one attached hydrogen (secondary N) is 1. The molecule has 0 bridgehead atoms. The summed E-state index contributed by atoms with van der Waals surface area (Å²) in [5.41, 5.74) is 3.81. The molecule has 148 valence electrons. The summed E-state index contributed by atoms with van der Waals surface area (Å²) in [5, 5.41) is 11.2. The fourth-order valence-corrected chi connectivity index (χ4v) is 3.10. The maximum Gasteiger partial charge on any atom is 0.259 e. The predicted octanol–water partition coefficient (Wildman–Crippen LogP) is 4.34. The van der Waals surface area contributed by atoms with Gasteiger partial charge in [-0.1, -0.05) is 19.0 Å². The summed E-state index contributed by atoms with van der Waals surface area (Å²) in [4.78, 5) is 14.5. The molecule has 0 aliphatic rings. The van der Waals surface area contributed by atoms with Crippen LogP contribution in [0.4, 0.5) is 4.39 Å². The molecule has 0 fully saturated rings. The number of halogens is 1. The van der Waals surface area contributed by atoms with E-state index >= 15 is 0 Å². The molecule has 0 unspecified atom stereocenters. The minimum atomic E-state index is -0.268. The Morgan fingerprint density at radius 1 is 1.29 bits per heavy atom. The summed E-state index contributed by atoms with van der Waals surface area (Å²) in [6, 6.07) is 8.20. The van der Waals surface area contributed by atoms with E-state index in [-0.39, 0.29) is 17.6 Å². The average molecular weight is 384 g/mol. The van der Waals surface area contributed by atoms with Crippen LogP contribution in [-0.2, 0) is 6.42 Å². The van der Waals surface area contributed by atoms with Crippen molar-refractivity contribution < 1.29 is 13.7 Å². The van der Waals surface area contributed by atoms with E-state index in [1.165, 1.54) is 12.1 Å². The number of benzene rings is 1. The van der Waals surface area contributed by atoms with Crippen molar-refractivity contribution in [3.05, 3.63) is 58.9 Å². The van der Waals surface area contributed by atoms with Gasteiger partial charge in [0.25, 0.3) is 5.91 Å². The zero-order chi connectivity index (χ0) is 20.3. The molecule has 0 saturated heterocycles. The molecule has 1 aromatic carbocycles. The quantitative estimate of drug-likeness (QED) is 0.657. The van der Waals surface area contributed by atoms with E-state index in [2.05, 4.69) is 15.4 Å². The maximum absolute atomic E-state index is 13.0. The third-order valence-electron chi connectivity index (χ3n) is 4.68. The van der Waals surface area contributed by atoms with Crippen LogP contribution in [-0.4, -0.2) is 39.8 Å². The van der Waals surface area contributed by atoms with Crippen molar-refractivity contribution in [3.8, 4) is 11.3 Å². The lowest BCUT2D eigenvalue weighted by molar-refractivity contribution is 0.0790. The number of aromatic nitrogens is 3. The van der Waals surface area contributed by atoms with Gasteiger partial charge >= 0.3 is 0 Å². The number of hydrogen-bond acceptors (Lipinski definition) is 4. The summed E-state index contributed by atoms with van der Waals surface area (Å²) in [6.45, 7) is 6.35. The van der Waals surface area contributed by atoms with Gasteiger partial charge in [-0.3, -0.25) is 9.89 Å².